The second-order valence-corrected chi connectivity index (χ2v) is 12.0. The Labute approximate surface area is 227 Å². The quantitative estimate of drug-likeness (QED) is 0.280. The smallest absolute Gasteiger partial charge is 0.285 e. The summed E-state index contributed by atoms with van der Waals surface area (Å²) in [5.74, 6) is -0.117. The van der Waals surface area contributed by atoms with E-state index in [1.54, 1.807) is 12.1 Å². The van der Waals surface area contributed by atoms with Gasteiger partial charge in [-0.05, 0) is 84.1 Å². The van der Waals surface area contributed by atoms with Crippen LogP contribution < -0.4 is 32.2 Å². The van der Waals surface area contributed by atoms with Crippen molar-refractivity contribution in [1.29, 1.82) is 0 Å². The first-order valence-corrected chi connectivity index (χ1v) is 14.1. The molecule has 180 valence electrons. The summed E-state index contributed by atoms with van der Waals surface area (Å²) in [5.41, 5.74) is 15.8. The second kappa shape index (κ2) is 7.91. The molecular weight excluding hydrogens is 483 g/mol. The summed E-state index contributed by atoms with van der Waals surface area (Å²) in [7, 11) is 0. The van der Waals surface area contributed by atoms with Gasteiger partial charge in [-0.25, -0.2) is 4.39 Å². The molecule has 0 N–H and O–H groups in total. The van der Waals surface area contributed by atoms with Crippen LogP contribution in [0.5, 0.6) is 0 Å². The lowest BCUT2D eigenvalue weighted by atomic mass is 9.33. The Kier molecular flexibility index (Phi) is 4.64. The Morgan fingerprint density at radius 2 is 1.34 bits per heavy atom. The summed E-state index contributed by atoms with van der Waals surface area (Å²) >= 11 is 1.86. The Bertz CT molecular complexity index is 1810. The minimum atomic E-state index is -0.161. The summed E-state index contributed by atoms with van der Waals surface area (Å²) < 4.78 is 15.7. The van der Waals surface area contributed by atoms with Crippen LogP contribution in [0.2, 0.25) is 0 Å². The molecule has 3 heterocycles. The van der Waals surface area contributed by atoms with Gasteiger partial charge in [0.25, 0.3) is 5.99 Å². The van der Waals surface area contributed by atoms with Crippen LogP contribution in [0.1, 0.15) is 16.7 Å². The van der Waals surface area contributed by atoms with Crippen molar-refractivity contribution in [3.05, 3.63) is 114 Å². The van der Waals surface area contributed by atoms with Gasteiger partial charge < -0.3 is 4.90 Å². The predicted octanol–water partition coefficient (Wildman–Crippen LogP) is 5.24. The van der Waals surface area contributed by atoms with Gasteiger partial charge in [-0.3, -0.25) is 0 Å². The second-order valence-electron chi connectivity index (χ2n) is 10.8. The normalized spacial score (nSPS) is 14.1. The molecule has 5 aromatic rings. The maximum atomic E-state index is 15.7. The maximum absolute atomic E-state index is 15.7. The van der Waals surface area contributed by atoms with Crippen molar-refractivity contribution in [2.24, 2.45) is 0 Å². The fourth-order valence-corrected chi connectivity index (χ4v) is 8.59. The van der Waals surface area contributed by atoms with Gasteiger partial charge >= 0.3 is 0 Å². The van der Waals surface area contributed by atoms with Gasteiger partial charge in [-0.1, -0.05) is 82.8 Å². The summed E-state index contributed by atoms with van der Waals surface area (Å²) in [5, 5.41) is 0. The highest BCUT2D eigenvalue weighted by atomic mass is 32.2. The van der Waals surface area contributed by atoms with Crippen LogP contribution in [0.4, 0.5) is 21.5 Å². The fraction of sp³-hybridized carbons (Fsp3) is 0.0909. The number of rotatable bonds is 1. The Balaban J connectivity index is 1.49. The van der Waals surface area contributed by atoms with E-state index in [4.69, 9.17) is 0 Å². The highest BCUT2D eigenvalue weighted by molar-refractivity contribution is 8.28. The van der Waals surface area contributed by atoms with Crippen LogP contribution in [0.3, 0.4) is 0 Å². The van der Waals surface area contributed by atoms with E-state index in [2.05, 4.69) is 105 Å². The van der Waals surface area contributed by atoms with Crippen molar-refractivity contribution in [2.45, 2.75) is 25.7 Å². The minimum Gasteiger partial charge on any atom is -0.312 e. The molecule has 0 saturated heterocycles. The summed E-state index contributed by atoms with van der Waals surface area (Å²) in [6.07, 6.45) is 0. The standard InChI is InChI=1S/C33H24B2FNS/c1-19-15-20(2)31(21(3)16-19)34-25-11-5-6-12-28(25)37-29-13-8-10-24-23-9-4-7-14-30(23)38-35(32(24)29)27-18-22(36)17-26(34)33(27)37/h4-18H,1-3H3. The lowest BCUT2D eigenvalue weighted by Gasteiger charge is -2.45. The van der Waals surface area contributed by atoms with Crippen LogP contribution in [0.15, 0.2) is 95.9 Å². The van der Waals surface area contributed by atoms with Crippen molar-refractivity contribution in [3.8, 4) is 11.1 Å². The molecule has 0 saturated carbocycles. The molecule has 38 heavy (non-hydrogen) atoms. The van der Waals surface area contributed by atoms with E-state index in [0.717, 1.165) is 16.6 Å². The number of fused-ring (bicyclic) bond motifs is 6. The first kappa shape index (κ1) is 22.3. The third kappa shape index (κ3) is 2.91. The van der Waals surface area contributed by atoms with Gasteiger partial charge in [-0.15, -0.1) is 0 Å². The van der Waals surface area contributed by atoms with E-state index in [-0.39, 0.29) is 18.5 Å². The van der Waals surface area contributed by atoms with Crippen molar-refractivity contribution < 1.29 is 4.39 Å². The van der Waals surface area contributed by atoms with Gasteiger partial charge in [-0.2, -0.15) is 11.6 Å². The van der Waals surface area contributed by atoms with Crippen molar-refractivity contribution in [1.82, 2.24) is 0 Å². The van der Waals surface area contributed by atoms with Crippen molar-refractivity contribution in [2.75, 3.05) is 4.90 Å². The summed E-state index contributed by atoms with van der Waals surface area (Å²) in [6.45, 7) is 6.52. The Morgan fingerprint density at radius 3 is 2.18 bits per heavy atom. The van der Waals surface area contributed by atoms with Gasteiger partial charge in [0, 0.05) is 22.0 Å². The molecule has 0 radical (unpaired) electrons. The molecule has 3 aliphatic rings. The SMILES string of the molecule is Cc1cc(C)c(B2c3ccccc3N3c4cccc5c4B(Sc4ccccc4-5)c4cc(F)cc2c43)c(C)c1. The third-order valence-electron chi connectivity index (χ3n) is 8.47. The number of halogens is 1. The van der Waals surface area contributed by atoms with Crippen LogP contribution in [-0.2, 0) is 0 Å². The zero-order chi connectivity index (χ0) is 25.7. The summed E-state index contributed by atoms with van der Waals surface area (Å²) in [6, 6.07) is 32.1. The monoisotopic (exact) mass is 507 g/mol. The molecule has 3 aliphatic heterocycles. The molecule has 0 spiro atoms. The number of aryl methyl sites for hydroxylation is 3. The topological polar surface area (TPSA) is 3.24 Å². The molecule has 0 bridgehead atoms. The largest absolute Gasteiger partial charge is 0.312 e. The first-order valence-electron chi connectivity index (χ1n) is 13.2. The maximum Gasteiger partial charge on any atom is 0.285 e. The molecule has 0 amide bonds. The van der Waals surface area contributed by atoms with Crippen LogP contribution in [0.25, 0.3) is 11.1 Å². The molecule has 0 unspecified atom stereocenters. The van der Waals surface area contributed by atoms with Gasteiger partial charge in [0.05, 0.1) is 0 Å². The lowest BCUT2D eigenvalue weighted by Crippen LogP contribution is -2.63. The number of hydrogen-bond acceptors (Lipinski definition) is 2. The van der Waals surface area contributed by atoms with Crippen molar-refractivity contribution in [3.63, 3.8) is 0 Å². The zero-order valence-electron chi connectivity index (χ0n) is 21.5. The van der Waals surface area contributed by atoms with E-state index in [1.165, 1.54) is 60.5 Å². The minimum absolute atomic E-state index is 0.0295. The number of hydrogen-bond donors (Lipinski definition) is 0. The Hall–Kier alpha value is -3.69. The van der Waals surface area contributed by atoms with Crippen LogP contribution in [-0.4, -0.2) is 12.7 Å². The first-order chi connectivity index (χ1) is 18.5. The van der Waals surface area contributed by atoms with Crippen molar-refractivity contribution >= 4 is 68.7 Å². The number of benzene rings is 5. The highest BCUT2D eigenvalue weighted by Crippen LogP contribution is 2.46. The highest BCUT2D eigenvalue weighted by Gasteiger charge is 2.46. The Morgan fingerprint density at radius 1 is 0.658 bits per heavy atom. The number of anilines is 3. The fourth-order valence-electron chi connectivity index (χ4n) is 7.21. The van der Waals surface area contributed by atoms with Crippen LogP contribution >= 0.6 is 11.6 Å². The van der Waals surface area contributed by atoms with E-state index in [1.807, 2.05) is 11.6 Å². The lowest BCUT2D eigenvalue weighted by molar-refractivity contribution is 0.630. The molecule has 0 atom stereocenters. The van der Waals surface area contributed by atoms with Crippen LogP contribution in [0, 0.1) is 26.6 Å². The molecule has 0 fully saturated rings. The predicted molar refractivity (Wildman–Crippen MR) is 163 cm³/mol. The van der Waals surface area contributed by atoms with E-state index < -0.39 is 0 Å². The number of para-hydroxylation sites is 1. The molecule has 0 aromatic heterocycles. The molecule has 0 aliphatic carbocycles. The van der Waals surface area contributed by atoms with Gasteiger partial charge in [0.2, 0.25) is 6.71 Å². The molecule has 5 heteroatoms. The zero-order valence-corrected chi connectivity index (χ0v) is 22.4. The van der Waals surface area contributed by atoms with E-state index >= 15 is 4.39 Å². The third-order valence-corrected chi connectivity index (χ3v) is 9.81. The molecule has 1 nitrogen and oxygen atoms in total. The molecule has 5 aromatic carbocycles. The van der Waals surface area contributed by atoms with E-state index in [0.29, 0.717) is 0 Å². The average Bonchev–Trinajstić information content (AvgIpc) is 2.91. The molecular formula is C33H24B2FNS. The number of nitrogens with zero attached hydrogens (tertiary/aromatic N) is 1. The average molecular weight is 507 g/mol. The van der Waals surface area contributed by atoms with Gasteiger partial charge in [0.15, 0.2) is 0 Å². The van der Waals surface area contributed by atoms with Gasteiger partial charge in [0.1, 0.15) is 5.82 Å². The molecule has 8 rings (SSSR count). The summed E-state index contributed by atoms with van der Waals surface area (Å²) in [4.78, 5) is 3.67. The van der Waals surface area contributed by atoms with E-state index in [9.17, 15) is 0 Å².